The molecule has 0 aromatic carbocycles. The van der Waals surface area contributed by atoms with E-state index >= 15 is 0 Å². The predicted molar refractivity (Wildman–Crippen MR) is 73.2 cm³/mol. The molecule has 1 aliphatic rings. The Balaban J connectivity index is 2.25. The van der Waals surface area contributed by atoms with Crippen molar-refractivity contribution in [2.45, 2.75) is 83.8 Å². The van der Waals surface area contributed by atoms with Gasteiger partial charge in [0.1, 0.15) is 5.60 Å². The molecule has 0 aliphatic heterocycles. The van der Waals surface area contributed by atoms with Gasteiger partial charge >= 0.3 is 6.09 Å². The average molecular weight is 256 g/mol. The van der Waals surface area contributed by atoms with E-state index < -0.39 is 5.60 Å². The highest BCUT2D eigenvalue weighted by Crippen LogP contribution is 2.16. The fourth-order valence-electron chi connectivity index (χ4n) is 2.24. The molecule has 18 heavy (non-hydrogen) atoms. The van der Waals surface area contributed by atoms with Gasteiger partial charge in [-0.1, -0.05) is 38.5 Å². The lowest BCUT2D eigenvalue weighted by Gasteiger charge is -2.22. The first-order chi connectivity index (χ1) is 8.47. The quantitative estimate of drug-likeness (QED) is 0.743. The van der Waals surface area contributed by atoms with Crippen LogP contribution in [0, 0.1) is 0 Å². The van der Waals surface area contributed by atoms with Crippen LogP contribution in [0.2, 0.25) is 0 Å². The van der Waals surface area contributed by atoms with Crippen LogP contribution >= 0.6 is 0 Å². The second kappa shape index (κ2) is 7.62. The summed E-state index contributed by atoms with van der Waals surface area (Å²) < 4.78 is 5.20. The van der Waals surface area contributed by atoms with Crippen LogP contribution in [-0.2, 0) is 4.74 Å². The molecule has 0 radical (unpaired) electrons. The van der Waals surface area contributed by atoms with Gasteiger partial charge in [0.05, 0.1) is 0 Å². The molecule has 1 amide bonds. The average Bonchev–Trinajstić information content (AvgIpc) is 2.37. The van der Waals surface area contributed by atoms with Crippen LogP contribution in [0.25, 0.3) is 0 Å². The highest BCUT2D eigenvalue weighted by atomic mass is 16.6. The van der Waals surface area contributed by atoms with E-state index in [0.717, 1.165) is 12.8 Å². The smallest absolute Gasteiger partial charge is 0.422 e. The minimum Gasteiger partial charge on any atom is -0.443 e. The maximum atomic E-state index is 11.5. The molecule has 4 heteroatoms. The van der Waals surface area contributed by atoms with Gasteiger partial charge in [-0.05, 0) is 33.6 Å². The van der Waals surface area contributed by atoms with Gasteiger partial charge in [0.2, 0.25) is 0 Å². The van der Waals surface area contributed by atoms with Crippen molar-refractivity contribution in [3.63, 3.8) is 0 Å². The summed E-state index contributed by atoms with van der Waals surface area (Å²) in [5, 5.41) is 0. The Labute approximate surface area is 111 Å². The second-order valence-electron chi connectivity index (χ2n) is 6.17. The minimum atomic E-state index is -0.440. The Morgan fingerprint density at radius 2 is 1.50 bits per heavy atom. The van der Waals surface area contributed by atoms with Crippen molar-refractivity contribution in [1.82, 2.24) is 10.9 Å². The number of ether oxygens (including phenoxy) is 1. The molecule has 0 bridgehead atoms. The number of hydrazine groups is 1. The van der Waals surface area contributed by atoms with Crippen molar-refractivity contribution >= 4 is 6.09 Å². The third-order valence-corrected chi connectivity index (χ3v) is 3.13. The molecule has 1 fully saturated rings. The number of hydrogen-bond acceptors (Lipinski definition) is 3. The highest BCUT2D eigenvalue weighted by Gasteiger charge is 2.17. The van der Waals surface area contributed by atoms with Gasteiger partial charge in [0.25, 0.3) is 0 Å². The molecular weight excluding hydrogens is 228 g/mol. The zero-order valence-electron chi connectivity index (χ0n) is 12.1. The van der Waals surface area contributed by atoms with Crippen molar-refractivity contribution in [1.29, 1.82) is 0 Å². The van der Waals surface area contributed by atoms with Crippen LogP contribution in [0.3, 0.4) is 0 Å². The van der Waals surface area contributed by atoms with Gasteiger partial charge in [0, 0.05) is 6.04 Å². The summed E-state index contributed by atoms with van der Waals surface area (Å²) in [4.78, 5) is 11.5. The van der Waals surface area contributed by atoms with Gasteiger partial charge in [-0.2, -0.15) is 0 Å². The zero-order valence-corrected chi connectivity index (χ0v) is 12.1. The molecule has 1 rings (SSSR count). The summed E-state index contributed by atoms with van der Waals surface area (Å²) in [6.07, 6.45) is 9.70. The first-order valence-electron chi connectivity index (χ1n) is 7.22. The van der Waals surface area contributed by atoms with Crippen LogP contribution in [0.4, 0.5) is 4.79 Å². The molecule has 1 saturated carbocycles. The molecule has 0 spiro atoms. The Bertz CT molecular complexity index is 239. The lowest BCUT2D eigenvalue weighted by Crippen LogP contribution is -2.46. The van der Waals surface area contributed by atoms with Crippen molar-refractivity contribution in [2.24, 2.45) is 0 Å². The van der Waals surface area contributed by atoms with Crippen LogP contribution in [0.15, 0.2) is 0 Å². The Morgan fingerprint density at radius 1 is 1.00 bits per heavy atom. The SMILES string of the molecule is CC(C)(C)OC(=O)NNC1CCCCCCCC1. The third-order valence-electron chi connectivity index (χ3n) is 3.13. The summed E-state index contributed by atoms with van der Waals surface area (Å²) >= 11 is 0. The maximum Gasteiger partial charge on any atom is 0.422 e. The number of carbonyl (C=O) groups excluding carboxylic acids is 1. The molecule has 2 N–H and O–H groups in total. The molecular formula is C14H28N2O2. The first-order valence-corrected chi connectivity index (χ1v) is 7.22. The zero-order chi connectivity index (χ0) is 13.4. The van der Waals surface area contributed by atoms with Gasteiger partial charge in [-0.3, -0.25) is 5.43 Å². The fourth-order valence-corrected chi connectivity index (χ4v) is 2.24. The monoisotopic (exact) mass is 256 g/mol. The molecule has 4 nitrogen and oxygen atoms in total. The Hall–Kier alpha value is -0.770. The molecule has 0 unspecified atom stereocenters. The van der Waals surface area contributed by atoms with E-state index in [9.17, 15) is 4.79 Å². The summed E-state index contributed by atoms with van der Waals surface area (Å²) in [5.74, 6) is 0. The highest BCUT2D eigenvalue weighted by molar-refractivity contribution is 5.67. The number of amides is 1. The van der Waals surface area contributed by atoms with Gasteiger partial charge < -0.3 is 4.74 Å². The van der Waals surface area contributed by atoms with Crippen LogP contribution < -0.4 is 10.9 Å². The fraction of sp³-hybridized carbons (Fsp3) is 0.929. The van der Waals surface area contributed by atoms with Gasteiger partial charge in [-0.15, -0.1) is 0 Å². The summed E-state index contributed by atoms with van der Waals surface area (Å²) in [6, 6.07) is 0.385. The van der Waals surface area contributed by atoms with E-state index in [1.807, 2.05) is 20.8 Å². The predicted octanol–water partition coefficient (Wildman–Crippen LogP) is 3.52. The molecule has 0 atom stereocenters. The van der Waals surface area contributed by atoms with E-state index in [1.165, 1.54) is 38.5 Å². The van der Waals surface area contributed by atoms with Gasteiger partial charge in [0.15, 0.2) is 0 Å². The third kappa shape index (κ3) is 7.54. The maximum absolute atomic E-state index is 11.5. The molecule has 0 aromatic heterocycles. The summed E-state index contributed by atoms with van der Waals surface area (Å²) in [5.41, 5.74) is 5.34. The summed E-state index contributed by atoms with van der Waals surface area (Å²) in [6.45, 7) is 5.60. The van der Waals surface area contributed by atoms with E-state index in [2.05, 4.69) is 10.9 Å². The Kier molecular flexibility index (Phi) is 6.47. The second-order valence-corrected chi connectivity index (χ2v) is 6.17. The molecule has 106 valence electrons. The topological polar surface area (TPSA) is 50.4 Å². The standard InChI is InChI=1S/C14H28N2O2/c1-14(2,3)18-13(17)16-15-12-10-8-6-4-5-7-9-11-12/h12,15H,4-11H2,1-3H3,(H,16,17). The van der Waals surface area contributed by atoms with E-state index in [1.54, 1.807) is 0 Å². The largest absolute Gasteiger partial charge is 0.443 e. The normalized spacial score (nSPS) is 19.5. The van der Waals surface area contributed by atoms with Crippen molar-refractivity contribution in [2.75, 3.05) is 0 Å². The first kappa shape index (κ1) is 15.3. The molecule has 1 aliphatic carbocycles. The number of carbonyl (C=O) groups is 1. The van der Waals surface area contributed by atoms with Crippen LogP contribution in [0.5, 0.6) is 0 Å². The lowest BCUT2D eigenvalue weighted by molar-refractivity contribution is 0.0485. The van der Waals surface area contributed by atoms with E-state index in [-0.39, 0.29) is 6.09 Å². The Morgan fingerprint density at radius 3 is 2.00 bits per heavy atom. The minimum absolute atomic E-state index is 0.385. The molecule has 0 heterocycles. The lowest BCUT2D eigenvalue weighted by atomic mass is 10.1. The van der Waals surface area contributed by atoms with Gasteiger partial charge in [-0.25, -0.2) is 10.2 Å². The molecule has 0 aromatic rings. The molecule has 0 saturated heterocycles. The number of rotatable bonds is 2. The van der Waals surface area contributed by atoms with Crippen LogP contribution in [-0.4, -0.2) is 17.7 Å². The van der Waals surface area contributed by atoms with E-state index in [4.69, 9.17) is 4.74 Å². The number of nitrogens with one attached hydrogen (secondary N) is 2. The van der Waals surface area contributed by atoms with Crippen molar-refractivity contribution < 1.29 is 9.53 Å². The summed E-state index contributed by atoms with van der Waals surface area (Å²) in [7, 11) is 0. The van der Waals surface area contributed by atoms with Crippen molar-refractivity contribution in [3.8, 4) is 0 Å². The number of hydrogen-bond donors (Lipinski definition) is 2. The van der Waals surface area contributed by atoms with Crippen molar-refractivity contribution in [3.05, 3.63) is 0 Å². The van der Waals surface area contributed by atoms with E-state index in [0.29, 0.717) is 6.04 Å². The van der Waals surface area contributed by atoms with Crippen LogP contribution in [0.1, 0.15) is 72.1 Å².